The summed E-state index contributed by atoms with van der Waals surface area (Å²) in [6.07, 6.45) is 0.603. The number of carbonyl (C=O) groups excluding carboxylic acids is 2. The second-order valence-corrected chi connectivity index (χ2v) is 9.05. The van der Waals surface area contributed by atoms with Crippen LogP contribution in [0, 0.1) is 15.9 Å². The molecular formula is C21H21FN6O5S. The Morgan fingerprint density at radius 3 is 2.53 bits per heavy atom. The van der Waals surface area contributed by atoms with Gasteiger partial charge in [0.05, 0.1) is 15.5 Å². The van der Waals surface area contributed by atoms with Crippen LogP contribution < -0.4 is 10.6 Å². The number of halogens is 1. The quantitative estimate of drug-likeness (QED) is 0.378. The Balaban J connectivity index is 1.78. The highest BCUT2D eigenvalue weighted by Crippen LogP contribution is 2.34. The lowest BCUT2D eigenvalue weighted by Crippen LogP contribution is -2.27. The Kier molecular flexibility index (Phi) is 7.15. The summed E-state index contributed by atoms with van der Waals surface area (Å²) in [7, 11) is 1.70. The number of aryl methyl sites for hydroxylation is 1. The van der Waals surface area contributed by atoms with E-state index in [1.54, 1.807) is 32.4 Å². The Hall–Kier alpha value is -4.00. The van der Waals surface area contributed by atoms with Gasteiger partial charge in [-0.2, -0.15) is 0 Å². The zero-order valence-corrected chi connectivity index (χ0v) is 19.5. The van der Waals surface area contributed by atoms with Gasteiger partial charge < -0.3 is 14.6 Å². The molecule has 0 radical (unpaired) electrons. The second-order valence-electron chi connectivity index (χ2n) is 8.04. The Morgan fingerprint density at radius 1 is 1.18 bits per heavy atom. The van der Waals surface area contributed by atoms with Gasteiger partial charge >= 0.3 is 6.09 Å². The van der Waals surface area contributed by atoms with E-state index in [-0.39, 0.29) is 27.5 Å². The molecule has 0 saturated carbocycles. The van der Waals surface area contributed by atoms with Crippen molar-refractivity contribution in [2.45, 2.75) is 36.4 Å². The maximum Gasteiger partial charge on any atom is 0.412 e. The van der Waals surface area contributed by atoms with Crippen LogP contribution in [-0.2, 0) is 11.8 Å². The van der Waals surface area contributed by atoms with Crippen LogP contribution in [0.1, 0.15) is 31.1 Å². The van der Waals surface area contributed by atoms with Gasteiger partial charge in [-0.15, -0.1) is 10.2 Å². The van der Waals surface area contributed by atoms with Crippen LogP contribution in [-0.4, -0.2) is 37.3 Å². The summed E-state index contributed by atoms with van der Waals surface area (Å²) >= 11 is 1.04. The van der Waals surface area contributed by atoms with Crippen LogP contribution in [0.25, 0.3) is 0 Å². The maximum absolute atomic E-state index is 14.1. The third-order valence-corrected chi connectivity index (χ3v) is 5.27. The predicted molar refractivity (Wildman–Crippen MR) is 122 cm³/mol. The fourth-order valence-electron chi connectivity index (χ4n) is 2.67. The molecule has 0 saturated heterocycles. The zero-order valence-electron chi connectivity index (χ0n) is 18.7. The summed E-state index contributed by atoms with van der Waals surface area (Å²) in [6, 6.07) is 7.56. The van der Waals surface area contributed by atoms with Gasteiger partial charge in [0, 0.05) is 24.4 Å². The van der Waals surface area contributed by atoms with Gasteiger partial charge in [-0.3, -0.25) is 20.2 Å². The van der Waals surface area contributed by atoms with E-state index < -0.39 is 28.3 Å². The SMILES string of the molecule is Cn1cnnc1Sc1ccc(C(=O)Nc2ccc(F)c(NC(=O)OC(C)(C)C)c2)cc1[N+](=O)[O-]. The summed E-state index contributed by atoms with van der Waals surface area (Å²) in [5, 5.41) is 24.5. The number of nitrogens with one attached hydrogen (secondary N) is 2. The van der Waals surface area contributed by atoms with Crippen LogP contribution in [0.5, 0.6) is 0 Å². The van der Waals surface area contributed by atoms with Crippen LogP contribution in [0.15, 0.2) is 52.8 Å². The molecule has 3 aromatic rings. The van der Waals surface area contributed by atoms with Crippen molar-refractivity contribution < 1.29 is 23.6 Å². The minimum absolute atomic E-state index is 0.0139. The molecule has 0 spiro atoms. The molecule has 2 amide bonds. The Morgan fingerprint density at radius 2 is 1.91 bits per heavy atom. The fourth-order valence-corrected chi connectivity index (χ4v) is 3.52. The fraction of sp³-hybridized carbons (Fsp3) is 0.238. The molecule has 34 heavy (non-hydrogen) atoms. The highest BCUT2D eigenvalue weighted by molar-refractivity contribution is 7.99. The second kappa shape index (κ2) is 9.87. The smallest absolute Gasteiger partial charge is 0.412 e. The highest BCUT2D eigenvalue weighted by atomic mass is 32.2. The van der Waals surface area contributed by atoms with E-state index in [4.69, 9.17) is 4.74 Å². The average molecular weight is 489 g/mol. The highest BCUT2D eigenvalue weighted by Gasteiger charge is 2.21. The summed E-state index contributed by atoms with van der Waals surface area (Å²) in [4.78, 5) is 35.9. The van der Waals surface area contributed by atoms with E-state index in [1.165, 1.54) is 30.6 Å². The number of nitro benzene ring substituents is 1. The third kappa shape index (κ3) is 6.28. The lowest BCUT2D eigenvalue weighted by molar-refractivity contribution is -0.387. The lowest BCUT2D eigenvalue weighted by atomic mass is 10.1. The standard InChI is InChI=1S/C21H21FN6O5S/c1-21(2,3)33-20(30)25-15-10-13(6-7-14(15)22)24-18(29)12-5-8-17(16(9-12)28(31)32)34-19-26-23-11-27(19)4/h5-11H,1-4H3,(H,24,29)(H,25,30). The van der Waals surface area contributed by atoms with Gasteiger partial charge in [0.15, 0.2) is 5.16 Å². The van der Waals surface area contributed by atoms with E-state index in [1.807, 2.05) is 0 Å². The summed E-state index contributed by atoms with van der Waals surface area (Å²) < 4.78 is 20.8. The normalized spacial score (nSPS) is 11.1. The molecule has 13 heteroatoms. The number of rotatable bonds is 6. The molecule has 0 fully saturated rings. The van der Waals surface area contributed by atoms with Crippen molar-refractivity contribution in [3.63, 3.8) is 0 Å². The van der Waals surface area contributed by atoms with Crippen LogP contribution in [0.3, 0.4) is 0 Å². The van der Waals surface area contributed by atoms with E-state index in [2.05, 4.69) is 20.8 Å². The first kappa shape index (κ1) is 24.6. The molecule has 178 valence electrons. The van der Waals surface area contributed by atoms with E-state index in [0.717, 1.165) is 23.9 Å². The zero-order chi connectivity index (χ0) is 25.0. The number of benzene rings is 2. The van der Waals surface area contributed by atoms with E-state index >= 15 is 0 Å². The molecule has 0 unspecified atom stereocenters. The molecule has 0 aliphatic heterocycles. The van der Waals surface area contributed by atoms with Crippen molar-refractivity contribution in [3.8, 4) is 0 Å². The van der Waals surface area contributed by atoms with Crippen molar-refractivity contribution in [1.29, 1.82) is 0 Å². The molecule has 11 nitrogen and oxygen atoms in total. The minimum Gasteiger partial charge on any atom is -0.444 e. The lowest BCUT2D eigenvalue weighted by Gasteiger charge is -2.20. The van der Waals surface area contributed by atoms with Crippen LogP contribution in [0.4, 0.5) is 26.2 Å². The molecular weight excluding hydrogens is 467 g/mol. The van der Waals surface area contributed by atoms with Crippen LogP contribution in [0.2, 0.25) is 0 Å². The maximum atomic E-state index is 14.1. The van der Waals surface area contributed by atoms with Crippen LogP contribution >= 0.6 is 11.8 Å². The molecule has 0 aliphatic rings. The van der Waals surface area contributed by atoms with Gasteiger partial charge in [0.1, 0.15) is 17.7 Å². The molecule has 1 aromatic heterocycles. The van der Waals surface area contributed by atoms with E-state index in [9.17, 15) is 24.1 Å². The van der Waals surface area contributed by atoms with Crippen molar-refractivity contribution in [2.75, 3.05) is 10.6 Å². The minimum atomic E-state index is -0.860. The Bertz CT molecular complexity index is 1260. The Labute approximate surface area is 197 Å². The molecule has 2 N–H and O–H groups in total. The summed E-state index contributed by atoms with van der Waals surface area (Å²) in [5.41, 5.74) is -1.09. The summed E-state index contributed by atoms with van der Waals surface area (Å²) in [5.74, 6) is -1.39. The number of nitrogens with zero attached hydrogens (tertiary/aromatic N) is 4. The number of aromatic nitrogens is 3. The van der Waals surface area contributed by atoms with Gasteiger partial charge in [0.25, 0.3) is 11.6 Å². The van der Waals surface area contributed by atoms with Crippen molar-refractivity contribution in [2.24, 2.45) is 7.05 Å². The monoisotopic (exact) mass is 488 g/mol. The molecule has 0 bridgehead atoms. The predicted octanol–water partition coefficient (Wildman–Crippen LogP) is 4.61. The number of nitro groups is 1. The molecule has 0 aliphatic carbocycles. The molecule has 2 aromatic carbocycles. The van der Waals surface area contributed by atoms with Gasteiger partial charge in [0.2, 0.25) is 0 Å². The van der Waals surface area contributed by atoms with Crippen molar-refractivity contribution in [1.82, 2.24) is 14.8 Å². The number of hydrogen-bond acceptors (Lipinski definition) is 8. The van der Waals surface area contributed by atoms with Crippen molar-refractivity contribution in [3.05, 3.63) is 64.2 Å². The molecule has 3 rings (SSSR count). The topological polar surface area (TPSA) is 141 Å². The van der Waals surface area contributed by atoms with Crippen molar-refractivity contribution >= 4 is 40.8 Å². The van der Waals surface area contributed by atoms with E-state index in [0.29, 0.717) is 5.16 Å². The average Bonchev–Trinajstić information content (AvgIpc) is 3.13. The number of amides is 2. The first-order valence-electron chi connectivity index (χ1n) is 9.84. The molecule has 0 atom stereocenters. The number of anilines is 2. The first-order chi connectivity index (χ1) is 15.9. The van der Waals surface area contributed by atoms with Gasteiger partial charge in [-0.25, -0.2) is 9.18 Å². The number of carbonyl (C=O) groups is 2. The largest absolute Gasteiger partial charge is 0.444 e. The van der Waals surface area contributed by atoms with Gasteiger partial charge in [-0.1, -0.05) is 0 Å². The van der Waals surface area contributed by atoms with Gasteiger partial charge in [-0.05, 0) is 62.9 Å². The summed E-state index contributed by atoms with van der Waals surface area (Å²) in [6.45, 7) is 4.99. The first-order valence-corrected chi connectivity index (χ1v) is 10.7. The number of ether oxygens (including phenoxy) is 1. The third-order valence-electron chi connectivity index (χ3n) is 4.15. The molecule has 1 heterocycles. The number of hydrogen-bond donors (Lipinski definition) is 2.